The first-order valence-corrected chi connectivity index (χ1v) is 8.21. The highest BCUT2D eigenvalue weighted by Crippen LogP contribution is 2.27. The molecule has 0 fully saturated rings. The second kappa shape index (κ2) is 9.80. The zero-order chi connectivity index (χ0) is 14.8. The molecule has 0 heterocycles. The minimum Gasteiger partial charge on any atom is -0.396 e. The normalized spacial score (nSPS) is 13.8. The molecular formula is C16H41NO3S. The lowest BCUT2D eigenvalue weighted by atomic mass is 9.84. The van der Waals surface area contributed by atoms with E-state index in [1.807, 2.05) is 20.8 Å². The molecule has 0 aliphatic rings. The number of hydrogen-bond donors (Lipinski definition) is 1. The van der Waals surface area contributed by atoms with E-state index in [9.17, 15) is 13.5 Å². The van der Waals surface area contributed by atoms with Crippen molar-refractivity contribution >= 4 is 10.0 Å². The average Bonchev–Trinajstić information content (AvgIpc) is 2.05. The van der Waals surface area contributed by atoms with Crippen molar-refractivity contribution in [1.82, 2.24) is 4.31 Å². The summed E-state index contributed by atoms with van der Waals surface area (Å²) in [4.78, 5) is 0. The van der Waals surface area contributed by atoms with Crippen molar-refractivity contribution in [2.75, 3.05) is 19.4 Å². The van der Waals surface area contributed by atoms with Crippen LogP contribution in [0.2, 0.25) is 0 Å². The zero-order valence-corrected chi connectivity index (χ0v) is 13.6. The van der Waals surface area contributed by atoms with Gasteiger partial charge in [0, 0.05) is 18.7 Å². The Morgan fingerprint density at radius 3 is 1.57 bits per heavy atom. The molecule has 1 atom stereocenters. The van der Waals surface area contributed by atoms with E-state index in [0.29, 0.717) is 6.54 Å². The number of nitrogens with zero attached hydrogens (tertiary/aromatic N) is 1. The van der Waals surface area contributed by atoms with Gasteiger partial charge < -0.3 is 5.11 Å². The van der Waals surface area contributed by atoms with Crippen LogP contribution in [0.15, 0.2) is 0 Å². The van der Waals surface area contributed by atoms with Crippen LogP contribution in [-0.2, 0) is 10.0 Å². The highest BCUT2D eigenvalue weighted by Gasteiger charge is 2.32. The smallest absolute Gasteiger partial charge is 0.211 e. The molecule has 21 heavy (non-hydrogen) atoms. The van der Waals surface area contributed by atoms with E-state index in [1.165, 1.54) is 10.6 Å². The summed E-state index contributed by atoms with van der Waals surface area (Å²) in [5.41, 5.74) is -0.382. The average molecular weight is 328 g/mol. The molecule has 0 radical (unpaired) electrons. The third-order valence-electron chi connectivity index (χ3n) is 2.73. The van der Waals surface area contributed by atoms with Gasteiger partial charge in [0.1, 0.15) is 0 Å². The SMILES string of the molecule is C.C.C.CC(C)(C)CC(CO)CN(C(C)(C)C)S(C)(=O)=O. The molecular weight excluding hydrogens is 286 g/mol. The molecule has 0 aliphatic heterocycles. The summed E-state index contributed by atoms with van der Waals surface area (Å²) in [6, 6.07) is 0. The van der Waals surface area contributed by atoms with Crippen molar-refractivity contribution in [3.8, 4) is 0 Å². The molecule has 134 valence electrons. The van der Waals surface area contributed by atoms with Crippen LogP contribution in [-0.4, -0.2) is 42.8 Å². The lowest BCUT2D eigenvalue weighted by molar-refractivity contribution is 0.130. The first-order chi connectivity index (χ1) is 7.77. The first kappa shape index (κ1) is 29.0. The van der Waals surface area contributed by atoms with Crippen molar-refractivity contribution in [2.45, 2.75) is 75.8 Å². The van der Waals surface area contributed by atoms with E-state index in [-0.39, 0.29) is 40.2 Å². The number of hydrogen-bond acceptors (Lipinski definition) is 3. The van der Waals surface area contributed by atoms with Crippen molar-refractivity contribution in [1.29, 1.82) is 0 Å². The molecule has 0 aromatic rings. The molecule has 5 heteroatoms. The largest absolute Gasteiger partial charge is 0.396 e. The maximum absolute atomic E-state index is 11.8. The van der Waals surface area contributed by atoms with Gasteiger partial charge in [-0.05, 0) is 38.5 Å². The fourth-order valence-corrected chi connectivity index (χ4v) is 3.67. The summed E-state index contributed by atoms with van der Waals surface area (Å²) in [6.45, 7) is 12.3. The molecule has 1 N–H and O–H groups in total. The minimum absolute atomic E-state index is 0. The van der Waals surface area contributed by atoms with Crippen LogP contribution in [0.4, 0.5) is 0 Å². The molecule has 0 aromatic carbocycles. The van der Waals surface area contributed by atoms with Gasteiger partial charge in [0.05, 0.1) is 6.26 Å². The molecule has 4 nitrogen and oxygen atoms in total. The molecule has 0 amide bonds. The second-order valence-corrected chi connectivity index (χ2v) is 9.19. The third-order valence-corrected chi connectivity index (χ3v) is 4.23. The summed E-state index contributed by atoms with van der Waals surface area (Å²) >= 11 is 0. The van der Waals surface area contributed by atoms with Gasteiger partial charge in [-0.3, -0.25) is 0 Å². The number of aliphatic hydroxyl groups excluding tert-OH is 1. The Hall–Kier alpha value is -0.130. The Kier molecular flexibility index (Phi) is 13.5. The van der Waals surface area contributed by atoms with E-state index >= 15 is 0 Å². The quantitative estimate of drug-likeness (QED) is 0.830. The lowest BCUT2D eigenvalue weighted by Gasteiger charge is -2.37. The highest BCUT2D eigenvalue weighted by atomic mass is 32.2. The van der Waals surface area contributed by atoms with Gasteiger partial charge in [0.15, 0.2) is 0 Å². The maximum Gasteiger partial charge on any atom is 0.211 e. The minimum atomic E-state index is -3.26. The molecule has 0 aromatic heterocycles. The fraction of sp³-hybridized carbons (Fsp3) is 1.00. The van der Waals surface area contributed by atoms with Gasteiger partial charge in [0.2, 0.25) is 10.0 Å². The summed E-state index contributed by atoms with van der Waals surface area (Å²) in [5, 5.41) is 9.45. The number of rotatable bonds is 5. The van der Waals surface area contributed by atoms with Crippen LogP contribution in [0, 0.1) is 11.3 Å². The molecule has 0 rings (SSSR count). The molecule has 1 unspecified atom stereocenters. The van der Waals surface area contributed by atoms with Gasteiger partial charge in [0.25, 0.3) is 0 Å². The fourth-order valence-electron chi connectivity index (χ4n) is 2.19. The van der Waals surface area contributed by atoms with Crippen LogP contribution in [0.25, 0.3) is 0 Å². The molecule has 0 saturated carbocycles. The van der Waals surface area contributed by atoms with Gasteiger partial charge in [-0.1, -0.05) is 43.1 Å². The molecule has 0 bridgehead atoms. The van der Waals surface area contributed by atoms with Crippen LogP contribution in [0.3, 0.4) is 0 Å². The highest BCUT2D eigenvalue weighted by molar-refractivity contribution is 7.88. The molecule has 0 aliphatic carbocycles. The Morgan fingerprint density at radius 2 is 1.38 bits per heavy atom. The lowest BCUT2D eigenvalue weighted by Crippen LogP contribution is -2.48. The Morgan fingerprint density at radius 1 is 1.00 bits per heavy atom. The standard InChI is InChI=1S/C13H29NO3S.3CH4/c1-12(2,3)8-11(10-15)9-14(13(4,5)6)18(7,16)17;;;/h11,15H,8-10H2,1-7H3;3*1H4. The summed E-state index contributed by atoms with van der Waals surface area (Å²) in [5.74, 6) is -0.0288. The maximum atomic E-state index is 11.8. The topological polar surface area (TPSA) is 57.6 Å². The Balaban J connectivity index is -0.000000482. The number of aliphatic hydroxyl groups is 1. The van der Waals surface area contributed by atoms with E-state index in [1.54, 1.807) is 0 Å². The Bertz CT molecular complexity index is 351. The Labute approximate surface area is 135 Å². The predicted octanol–water partition coefficient (Wildman–Crippen LogP) is 4.00. The van der Waals surface area contributed by atoms with Crippen molar-refractivity contribution in [2.24, 2.45) is 11.3 Å². The number of sulfonamides is 1. The van der Waals surface area contributed by atoms with Crippen LogP contribution >= 0.6 is 0 Å². The summed E-state index contributed by atoms with van der Waals surface area (Å²) in [6.07, 6.45) is 2.02. The van der Waals surface area contributed by atoms with Gasteiger partial charge >= 0.3 is 0 Å². The van der Waals surface area contributed by atoms with Gasteiger partial charge in [-0.15, -0.1) is 0 Å². The van der Waals surface area contributed by atoms with Crippen molar-refractivity contribution in [3.05, 3.63) is 0 Å². The van der Waals surface area contributed by atoms with E-state index in [4.69, 9.17) is 0 Å². The summed E-state index contributed by atoms with van der Waals surface area (Å²) in [7, 11) is -3.26. The van der Waals surface area contributed by atoms with E-state index < -0.39 is 15.6 Å². The van der Waals surface area contributed by atoms with Crippen LogP contribution in [0.5, 0.6) is 0 Å². The van der Waals surface area contributed by atoms with Gasteiger partial charge in [-0.25, -0.2) is 8.42 Å². The third kappa shape index (κ3) is 12.1. The molecule has 0 saturated heterocycles. The summed E-state index contributed by atoms with van der Waals surface area (Å²) < 4.78 is 25.2. The van der Waals surface area contributed by atoms with Gasteiger partial charge in [-0.2, -0.15) is 4.31 Å². The van der Waals surface area contributed by atoms with Crippen molar-refractivity contribution in [3.63, 3.8) is 0 Å². The monoisotopic (exact) mass is 327 g/mol. The van der Waals surface area contributed by atoms with Crippen LogP contribution < -0.4 is 0 Å². The van der Waals surface area contributed by atoms with Crippen LogP contribution in [0.1, 0.15) is 70.2 Å². The van der Waals surface area contributed by atoms with E-state index in [2.05, 4.69) is 20.8 Å². The van der Waals surface area contributed by atoms with E-state index in [0.717, 1.165) is 6.42 Å². The zero-order valence-electron chi connectivity index (χ0n) is 12.8. The first-order valence-electron chi connectivity index (χ1n) is 6.36. The predicted molar refractivity (Wildman–Crippen MR) is 96.1 cm³/mol. The second-order valence-electron chi connectivity index (χ2n) is 7.28. The van der Waals surface area contributed by atoms with Crippen molar-refractivity contribution < 1.29 is 13.5 Å². The molecule has 0 spiro atoms.